The van der Waals surface area contributed by atoms with Gasteiger partial charge in [0, 0.05) is 19.3 Å². The molecule has 6 nitrogen and oxygen atoms in total. The van der Waals surface area contributed by atoms with Gasteiger partial charge in [0.05, 0.1) is 0 Å². The third kappa shape index (κ3) is 55.1. The minimum absolute atomic E-state index is 0.0984. The SMILES string of the molecule is CC/C=C\C/C=C\C/C=C\C/C=C\CCCCC(=O)OC[C@H](COC(=O)CCCCCCCCCCCCC/C=C\CCCCCCCC)OC(=O)CCCCCCC/C=C\C/C=C\C/C=C\CC. The molecular formula is C63H106O6. The molecular weight excluding hydrogens is 853 g/mol. The van der Waals surface area contributed by atoms with E-state index in [4.69, 9.17) is 14.2 Å². The minimum Gasteiger partial charge on any atom is -0.462 e. The Bertz CT molecular complexity index is 1380. The number of carbonyl (C=O) groups excluding carboxylic acids is 3. The topological polar surface area (TPSA) is 78.9 Å². The number of allylic oxidation sites excluding steroid dienone is 16. The van der Waals surface area contributed by atoms with Crippen LogP contribution in [-0.4, -0.2) is 37.2 Å². The molecule has 0 N–H and O–H groups in total. The highest BCUT2D eigenvalue weighted by molar-refractivity contribution is 5.71. The first-order chi connectivity index (χ1) is 34.0. The fourth-order valence-corrected chi connectivity index (χ4v) is 7.80. The lowest BCUT2D eigenvalue weighted by Gasteiger charge is -2.18. The number of hydrogen-bond donors (Lipinski definition) is 0. The molecule has 0 saturated heterocycles. The third-order valence-electron chi connectivity index (χ3n) is 12.1. The van der Waals surface area contributed by atoms with Crippen molar-refractivity contribution in [3.8, 4) is 0 Å². The maximum Gasteiger partial charge on any atom is 0.306 e. The predicted octanol–water partition coefficient (Wildman–Crippen LogP) is 19.3. The van der Waals surface area contributed by atoms with E-state index in [1.54, 1.807) is 0 Å². The molecule has 0 aromatic carbocycles. The molecule has 0 heterocycles. The van der Waals surface area contributed by atoms with Gasteiger partial charge in [-0.1, -0.05) is 227 Å². The molecule has 0 aliphatic rings. The largest absolute Gasteiger partial charge is 0.462 e. The van der Waals surface area contributed by atoms with Gasteiger partial charge in [-0.15, -0.1) is 0 Å². The molecule has 0 aromatic rings. The summed E-state index contributed by atoms with van der Waals surface area (Å²) in [4.78, 5) is 38.1. The smallest absolute Gasteiger partial charge is 0.306 e. The van der Waals surface area contributed by atoms with Crippen LogP contribution in [0.1, 0.15) is 265 Å². The monoisotopic (exact) mass is 959 g/mol. The summed E-state index contributed by atoms with van der Waals surface area (Å²) in [6, 6.07) is 0. The minimum atomic E-state index is -0.805. The lowest BCUT2D eigenvalue weighted by molar-refractivity contribution is -0.167. The normalized spacial score (nSPS) is 12.8. The van der Waals surface area contributed by atoms with E-state index >= 15 is 0 Å². The second-order valence-corrected chi connectivity index (χ2v) is 18.8. The zero-order valence-electron chi connectivity index (χ0n) is 45.0. The number of rotatable bonds is 51. The Labute approximate surface area is 426 Å². The maximum absolute atomic E-state index is 12.8. The molecule has 394 valence electrons. The summed E-state index contributed by atoms with van der Waals surface area (Å²) in [5.74, 6) is -0.957. The maximum atomic E-state index is 12.8. The van der Waals surface area contributed by atoms with Crippen LogP contribution in [0.4, 0.5) is 0 Å². The van der Waals surface area contributed by atoms with Crippen molar-refractivity contribution in [3.05, 3.63) is 97.2 Å². The second-order valence-electron chi connectivity index (χ2n) is 18.8. The van der Waals surface area contributed by atoms with Gasteiger partial charge in [-0.05, 0) is 116 Å². The average Bonchev–Trinajstić information content (AvgIpc) is 3.35. The molecule has 0 aromatic heterocycles. The van der Waals surface area contributed by atoms with E-state index in [9.17, 15) is 14.4 Å². The van der Waals surface area contributed by atoms with Crippen molar-refractivity contribution in [3.63, 3.8) is 0 Å². The Kier molecular flexibility index (Phi) is 53.9. The molecule has 0 bridgehead atoms. The van der Waals surface area contributed by atoms with E-state index < -0.39 is 6.10 Å². The summed E-state index contributed by atoms with van der Waals surface area (Å²) >= 11 is 0. The van der Waals surface area contributed by atoms with Gasteiger partial charge in [-0.3, -0.25) is 14.4 Å². The predicted molar refractivity (Wildman–Crippen MR) is 297 cm³/mol. The fourth-order valence-electron chi connectivity index (χ4n) is 7.80. The molecule has 0 amide bonds. The fraction of sp³-hybridized carbons (Fsp3) is 0.698. The second kappa shape index (κ2) is 56.9. The lowest BCUT2D eigenvalue weighted by Crippen LogP contribution is -2.30. The number of esters is 3. The van der Waals surface area contributed by atoms with E-state index in [0.717, 1.165) is 122 Å². The lowest BCUT2D eigenvalue weighted by atomic mass is 10.0. The highest BCUT2D eigenvalue weighted by Gasteiger charge is 2.19. The van der Waals surface area contributed by atoms with Gasteiger partial charge in [0.15, 0.2) is 6.10 Å². The zero-order chi connectivity index (χ0) is 50.0. The molecule has 0 saturated carbocycles. The van der Waals surface area contributed by atoms with Crippen molar-refractivity contribution < 1.29 is 28.6 Å². The van der Waals surface area contributed by atoms with Crippen LogP contribution in [0.15, 0.2) is 97.2 Å². The number of ether oxygens (including phenoxy) is 3. The van der Waals surface area contributed by atoms with E-state index in [2.05, 4.69) is 118 Å². The molecule has 6 heteroatoms. The van der Waals surface area contributed by atoms with Gasteiger partial charge < -0.3 is 14.2 Å². The summed E-state index contributed by atoms with van der Waals surface area (Å²) in [5.41, 5.74) is 0. The van der Waals surface area contributed by atoms with Crippen LogP contribution < -0.4 is 0 Å². The summed E-state index contributed by atoms with van der Waals surface area (Å²) in [7, 11) is 0. The van der Waals surface area contributed by atoms with Gasteiger partial charge in [0.25, 0.3) is 0 Å². The Morgan fingerprint density at radius 1 is 0.304 bits per heavy atom. The first kappa shape index (κ1) is 65.3. The summed E-state index contributed by atoms with van der Waals surface area (Å²) in [6.45, 7) is 6.37. The molecule has 69 heavy (non-hydrogen) atoms. The summed E-state index contributed by atoms with van der Waals surface area (Å²) in [6.07, 6.45) is 75.5. The van der Waals surface area contributed by atoms with Crippen molar-refractivity contribution in [1.82, 2.24) is 0 Å². The first-order valence-electron chi connectivity index (χ1n) is 28.7. The van der Waals surface area contributed by atoms with Crippen molar-refractivity contribution >= 4 is 17.9 Å². The molecule has 0 rings (SSSR count). The summed E-state index contributed by atoms with van der Waals surface area (Å²) in [5, 5.41) is 0. The van der Waals surface area contributed by atoms with E-state index in [1.807, 2.05) is 0 Å². The van der Waals surface area contributed by atoms with Crippen molar-refractivity contribution in [2.24, 2.45) is 0 Å². The van der Waals surface area contributed by atoms with Crippen LogP contribution >= 0.6 is 0 Å². The Hall–Kier alpha value is -3.67. The Balaban J connectivity index is 4.41. The Morgan fingerprint density at radius 2 is 0.565 bits per heavy atom. The molecule has 0 spiro atoms. The molecule has 0 unspecified atom stereocenters. The van der Waals surface area contributed by atoms with E-state index in [-0.39, 0.29) is 31.1 Å². The Morgan fingerprint density at radius 3 is 0.928 bits per heavy atom. The van der Waals surface area contributed by atoms with E-state index in [0.29, 0.717) is 19.3 Å². The van der Waals surface area contributed by atoms with Gasteiger partial charge in [0.1, 0.15) is 13.2 Å². The standard InChI is InChI=1S/C63H106O6/c1-4-7-10-13-16-19-22-25-28-29-30-31-32-33-36-38-41-44-47-50-53-56-62(65)68-59-60(69-63(66)57-54-51-48-45-42-39-35-27-24-21-18-15-12-9-6-3)58-67-61(64)55-52-49-46-43-40-37-34-26-23-20-17-14-11-8-5-2/h8-9,11-12,17-18,20-21,25-28,34-35,40,43,60H,4-7,10,13-16,19,22-24,29-33,36-39,41-42,44-59H2,1-3H3/b11-8-,12-9-,20-17-,21-18-,28-25-,34-26-,35-27-,43-40-/t60-/m1/s1. The van der Waals surface area contributed by atoms with E-state index in [1.165, 1.54) is 103 Å². The van der Waals surface area contributed by atoms with Gasteiger partial charge >= 0.3 is 17.9 Å². The summed E-state index contributed by atoms with van der Waals surface area (Å²) < 4.78 is 16.8. The van der Waals surface area contributed by atoms with Crippen LogP contribution in [0.3, 0.4) is 0 Å². The van der Waals surface area contributed by atoms with Gasteiger partial charge in [0.2, 0.25) is 0 Å². The zero-order valence-corrected chi connectivity index (χ0v) is 45.0. The molecule has 0 radical (unpaired) electrons. The highest BCUT2D eigenvalue weighted by atomic mass is 16.6. The van der Waals surface area contributed by atoms with Crippen LogP contribution in [0.5, 0.6) is 0 Å². The first-order valence-corrected chi connectivity index (χ1v) is 28.7. The molecule has 0 fully saturated rings. The quantitative estimate of drug-likeness (QED) is 0.0262. The highest BCUT2D eigenvalue weighted by Crippen LogP contribution is 2.15. The van der Waals surface area contributed by atoms with Crippen molar-refractivity contribution in [2.45, 2.75) is 271 Å². The van der Waals surface area contributed by atoms with Crippen molar-refractivity contribution in [2.75, 3.05) is 13.2 Å². The molecule has 0 aliphatic carbocycles. The van der Waals surface area contributed by atoms with Crippen LogP contribution in [-0.2, 0) is 28.6 Å². The molecule has 1 atom stereocenters. The van der Waals surface area contributed by atoms with Crippen LogP contribution in [0.2, 0.25) is 0 Å². The third-order valence-corrected chi connectivity index (χ3v) is 12.1. The number of carbonyl (C=O) groups is 3. The van der Waals surface area contributed by atoms with Gasteiger partial charge in [-0.25, -0.2) is 0 Å². The van der Waals surface area contributed by atoms with Crippen molar-refractivity contribution in [1.29, 1.82) is 0 Å². The van der Waals surface area contributed by atoms with Crippen LogP contribution in [0, 0.1) is 0 Å². The average molecular weight is 960 g/mol. The number of hydrogen-bond acceptors (Lipinski definition) is 6. The van der Waals surface area contributed by atoms with Gasteiger partial charge in [-0.2, -0.15) is 0 Å². The number of unbranched alkanes of at least 4 members (excludes halogenated alkanes) is 24. The van der Waals surface area contributed by atoms with Crippen LogP contribution in [0.25, 0.3) is 0 Å². The molecule has 0 aliphatic heterocycles.